The van der Waals surface area contributed by atoms with Crippen molar-refractivity contribution in [2.24, 2.45) is 0 Å². The van der Waals surface area contributed by atoms with Crippen molar-refractivity contribution in [1.82, 2.24) is 14.7 Å². The van der Waals surface area contributed by atoms with Gasteiger partial charge in [-0.3, -0.25) is 4.79 Å². The van der Waals surface area contributed by atoms with Gasteiger partial charge in [0.2, 0.25) is 16.0 Å². The molecule has 0 saturated heterocycles. The standard InChI is InChI=1S/C23H25ClN4O4S/c1-15-14-16(2)27-23(26-15)25-13-3-4-21(22(29)30)28-33(31,32)20-11-7-18(8-12-20)17-5-9-19(24)10-6-17/h5-12,14,21,28H,3-4,13H2,1-2H3,(H,29,30)(H,25,26,27)/t21-/m0/s1. The third-order valence-electron chi connectivity index (χ3n) is 4.87. The number of hydrogen-bond acceptors (Lipinski definition) is 6. The Balaban J connectivity index is 1.60. The number of aliphatic carboxylic acids is 1. The summed E-state index contributed by atoms with van der Waals surface area (Å²) in [5, 5.41) is 13.2. The van der Waals surface area contributed by atoms with Gasteiger partial charge in [-0.15, -0.1) is 0 Å². The van der Waals surface area contributed by atoms with Crippen LogP contribution in [0.1, 0.15) is 24.2 Å². The zero-order chi connectivity index (χ0) is 24.0. The van der Waals surface area contributed by atoms with Crippen LogP contribution in [-0.2, 0) is 14.8 Å². The average molecular weight is 489 g/mol. The van der Waals surface area contributed by atoms with Crippen LogP contribution in [0.25, 0.3) is 11.1 Å². The second-order valence-corrected chi connectivity index (χ2v) is 9.74. The lowest BCUT2D eigenvalue weighted by Crippen LogP contribution is -2.40. The fourth-order valence-electron chi connectivity index (χ4n) is 3.27. The summed E-state index contributed by atoms with van der Waals surface area (Å²) in [5.74, 6) is -0.778. The molecule has 0 fully saturated rings. The van der Waals surface area contributed by atoms with Crippen LogP contribution in [-0.4, -0.2) is 42.0 Å². The van der Waals surface area contributed by atoms with E-state index in [0.717, 1.165) is 22.5 Å². The summed E-state index contributed by atoms with van der Waals surface area (Å²) < 4.78 is 27.8. The molecule has 0 aliphatic rings. The normalized spacial score (nSPS) is 12.3. The van der Waals surface area contributed by atoms with Gasteiger partial charge in [-0.05, 0) is 68.1 Å². The highest BCUT2D eigenvalue weighted by Crippen LogP contribution is 2.23. The van der Waals surface area contributed by atoms with Crippen LogP contribution in [0.3, 0.4) is 0 Å². The maximum absolute atomic E-state index is 12.7. The first kappa shape index (κ1) is 24.6. The summed E-state index contributed by atoms with van der Waals surface area (Å²) in [6.45, 7) is 4.12. The highest BCUT2D eigenvalue weighted by atomic mass is 35.5. The minimum atomic E-state index is -4.01. The topological polar surface area (TPSA) is 121 Å². The lowest BCUT2D eigenvalue weighted by Gasteiger charge is -2.15. The van der Waals surface area contributed by atoms with E-state index in [9.17, 15) is 18.3 Å². The average Bonchev–Trinajstić information content (AvgIpc) is 2.75. The van der Waals surface area contributed by atoms with E-state index in [1.165, 1.54) is 12.1 Å². The SMILES string of the molecule is Cc1cc(C)nc(NCCC[C@H](NS(=O)(=O)c2ccc(-c3ccc(Cl)cc3)cc2)C(=O)O)n1. The lowest BCUT2D eigenvalue weighted by molar-refractivity contribution is -0.139. The monoisotopic (exact) mass is 488 g/mol. The zero-order valence-corrected chi connectivity index (χ0v) is 19.8. The van der Waals surface area contributed by atoms with Crippen molar-refractivity contribution in [2.45, 2.75) is 37.6 Å². The van der Waals surface area contributed by atoms with Crippen molar-refractivity contribution in [3.63, 3.8) is 0 Å². The van der Waals surface area contributed by atoms with Crippen molar-refractivity contribution in [1.29, 1.82) is 0 Å². The van der Waals surface area contributed by atoms with E-state index < -0.39 is 22.0 Å². The van der Waals surface area contributed by atoms with Gasteiger partial charge in [-0.25, -0.2) is 18.4 Å². The van der Waals surface area contributed by atoms with Crippen LogP contribution in [0, 0.1) is 13.8 Å². The minimum absolute atomic E-state index is 0.00627. The lowest BCUT2D eigenvalue weighted by atomic mass is 10.1. The molecule has 1 aromatic heterocycles. The van der Waals surface area contributed by atoms with Crippen molar-refractivity contribution < 1.29 is 18.3 Å². The maximum atomic E-state index is 12.7. The molecule has 0 spiro atoms. The van der Waals surface area contributed by atoms with Gasteiger partial charge in [0.25, 0.3) is 0 Å². The van der Waals surface area contributed by atoms with E-state index in [1.807, 2.05) is 32.0 Å². The molecule has 0 bridgehead atoms. The van der Waals surface area contributed by atoms with Crippen LogP contribution >= 0.6 is 11.6 Å². The Kier molecular flexibility index (Phi) is 8.01. The van der Waals surface area contributed by atoms with Crippen molar-refractivity contribution in [3.05, 3.63) is 71.0 Å². The molecule has 0 aliphatic carbocycles. The molecule has 0 amide bonds. The van der Waals surface area contributed by atoms with E-state index in [0.29, 0.717) is 23.9 Å². The van der Waals surface area contributed by atoms with Crippen LogP contribution in [0.4, 0.5) is 5.95 Å². The number of carboxylic acid groups (broad SMARTS) is 1. The third kappa shape index (κ3) is 6.98. The number of benzene rings is 2. The molecule has 1 heterocycles. The summed E-state index contributed by atoms with van der Waals surface area (Å²) in [6, 6.07) is 14.0. The van der Waals surface area contributed by atoms with Gasteiger partial charge in [0.15, 0.2) is 0 Å². The molecule has 0 aliphatic heterocycles. The number of carboxylic acids is 1. The molecule has 0 unspecified atom stereocenters. The van der Waals surface area contributed by atoms with Gasteiger partial charge in [0.05, 0.1) is 4.90 Å². The molecule has 3 N–H and O–H groups in total. The van der Waals surface area contributed by atoms with E-state index in [2.05, 4.69) is 20.0 Å². The van der Waals surface area contributed by atoms with E-state index >= 15 is 0 Å². The van der Waals surface area contributed by atoms with Crippen LogP contribution in [0.5, 0.6) is 0 Å². The number of hydrogen-bond donors (Lipinski definition) is 3. The number of halogens is 1. The molecular weight excluding hydrogens is 464 g/mol. The summed E-state index contributed by atoms with van der Waals surface area (Å²) in [4.78, 5) is 20.2. The number of carbonyl (C=O) groups is 1. The number of sulfonamides is 1. The quantitative estimate of drug-likeness (QED) is 0.368. The molecular formula is C23H25ClN4O4S. The molecule has 3 rings (SSSR count). The Hall–Kier alpha value is -3.01. The molecule has 8 nitrogen and oxygen atoms in total. The predicted octanol–water partition coefficient (Wildman–Crippen LogP) is 4.04. The Morgan fingerprint density at radius 1 is 1.00 bits per heavy atom. The fourth-order valence-corrected chi connectivity index (χ4v) is 4.62. The molecule has 0 radical (unpaired) electrons. The van der Waals surface area contributed by atoms with E-state index in [-0.39, 0.29) is 11.3 Å². The molecule has 33 heavy (non-hydrogen) atoms. The van der Waals surface area contributed by atoms with Gasteiger partial charge in [-0.2, -0.15) is 4.72 Å². The largest absolute Gasteiger partial charge is 0.480 e. The zero-order valence-electron chi connectivity index (χ0n) is 18.2. The van der Waals surface area contributed by atoms with Gasteiger partial charge in [0, 0.05) is 23.0 Å². The highest BCUT2D eigenvalue weighted by Gasteiger charge is 2.25. The summed E-state index contributed by atoms with van der Waals surface area (Å²) >= 11 is 5.90. The number of aromatic nitrogens is 2. The van der Waals surface area contributed by atoms with Gasteiger partial charge in [-0.1, -0.05) is 35.9 Å². The summed E-state index contributed by atoms with van der Waals surface area (Å²) in [5.41, 5.74) is 3.35. The minimum Gasteiger partial charge on any atom is -0.480 e. The molecule has 3 aromatic rings. The Morgan fingerprint density at radius 2 is 1.55 bits per heavy atom. The van der Waals surface area contributed by atoms with Gasteiger partial charge in [0.1, 0.15) is 6.04 Å². The number of rotatable bonds is 10. The third-order valence-corrected chi connectivity index (χ3v) is 6.61. The fraction of sp³-hybridized carbons (Fsp3) is 0.261. The molecule has 10 heteroatoms. The molecule has 1 atom stereocenters. The van der Waals surface area contributed by atoms with Crippen LogP contribution < -0.4 is 10.0 Å². The first-order valence-electron chi connectivity index (χ1n) is 10.3. The number of aryl methyl sites for hydroxylation is 2. The summed E-state index contributed by atoms with van der Waals surface area (Å²) in [6.07, 6.45) is 0.514. The Morgan fingerprint density at radius 3 is 2.09 bits per heavy atom. The summed E-state index contributed by atoms with van der Waals surface area (Å²) in [7, 11) is -4.01. The maximum Gasteiger partial charge on any atom is 0.321 e. The molecule has 2 aromatic carbocycles. The molecule has 0 saturated carbocycles. The first-order valence-corrected chi connectivity index (χ1v) is 12.2. The highest BCUT2D eigenvalue weighted by molar-refractivity contribution is 7.89. The predicted molar refractivity (Wildman–Crippen MR) is 128 cm³/mol. The van der Waals surface area contributed by atoms with Crippen LogP contribution in [0.15, 0.2) is 59.5 Å². The number of nitrogens with zero attached hydrogens (tertiary/aromatic N) is 2. The molecule has 174 valence electrons. The second-order valence-electron chi connectivity index (χ2n) is 7.59. The smallest absolute Gasteiger partial charge is 0.321 e. The Labute approximate surface area is 198 Å². The van der Waals surface area contributed by atoms with Crippen molar-refractivity contribution in [2.75, 3.05) is 11.9 Å². The second kappa shape index (κ2) is 10.7. The van der Waals surface area contributed by atoms with Crippen molar-refractivity contribution in [3.8, 4) is 11.1 Å². The van der Waals surface area contributed by atoms with E-state index in [1.54, 1.807) is 24.3 Å². The van der Waals surface area contributed by atoms with Gasteiger partial charge >= 0.3 is 5.97 Å². The number of nitrogens with one attached hydrogen (secondary N) is 2. The van der Waals surface area contributed by atoms with Crippen LogP contribution in [0.2, 0.25) is 5.02 Å². The Bertz CT molecular complexity index is 1200. The number of anilines is 1. The first-order chi connectivity index (χ1) is 15.6. The van der Waals surface area contributed by atoms with Crippen molar-refractivity contribution >= 4 is 33.5 Å². The van der Waals surface area contributed by atoms with E-state index in [4.69, 9.17) is 11.6 Å². The van der Waals surface area contributed by atoms with Gasteiger partial charge < -0.3 is 10.4 Å².